The van der Waals surface area contributed by atoms with Gasteiger partial charge in [0.2, 0.25) is 0 Å². The van der Waals surface area contributed by atoms with E-state index in [9.17, 15) is 0 Å². The van der Waals surface area contributed by atoms with Crippen LogP contribution in [0, 0.1) is 0 Å². The van der Waals surface area contributed by atoms with E-state index < -0.39 is 0 Å². The van der Waals surface area contributed by atoms with E-state index in [1.807, 2.05) is 6.92 Å². The van der Waals surface area contributed by atoms with E-state index >= 15 is 0 Å². The van der Waals surface area contributed by atoms with Gasteiger partial charge in [0.15, 0.2) is 0 Å². The fourth-order valence-corrected chi connectivity index (χ4v) is 0. The van der Waals surface area contributed by atoms with Crippen LogP contribution in [0.1, 0.15) is 6.92 Å². The topological polar surface area (TPSA) is 14.1 Å². The van der Waals surface area contributed by atoms with Crippen molar-refractivity contribution >= 4 is 0 Å². The molecule has 0 aromatic carbocycles. The van der Waals surface area contributed by atoms with Gasteiger partial charge in [-0.3, -0.25) is 0 Å². The van der Waals surface area contributed by atoms with E-state index in [0.29, 0.717) is 0 Å². The van der Waals surface area contributed by atoms with Crippen molar-refractivity contribution < 1.29 is 52.4 Å². The minimum Gasteiger partial charge on any atom is -0.665 e. The van der Waals surface area contributed by atoms with Gasteiger partial charge in [-0.05, 0) is 0 Å². The van der Waals surface area contributed by atoms with Crippen LogP contribution in [-0.2, 0) is 52.4 Å². The molecule has 0 amide bonds. The SMILES string of the molecule is CC[N-]C.[Zr].[Zr]. The molecule has 0 N–H and O–H groups in total. The van der Waals surface area contributed by atoms with Crippen LogP contribution in [-0.4, -0.2) is 13.6 Å². The zero-order valence-electron chi connectivity index (χ0n) is 4.15. The van der Waals surface area contributed by atoms with Gasteiger partial charge in [-0.15, -0.1) is 0 Å². The van der Waals surface area contributed by atoms with Crippen molar-refractivity contribution in [2.75, 3.05) is 13.6 Å². The first kappa shape index (κ1) is 15.6. The molecular weight excluding hydrogens is 232 g/mol. The third-order valence-electron chi connectivity index (χ3n) is 0.316. The van der Waals surface area contributed by atoms with Crippen LogP contribution in [0.15, 0.2) is 0 Å². The smallest absolute Gasteiger partial charge is 0 e. The molecule has 0 radical (unpaired) electrons. The van der Waals surface area contributed by atoms with E-state index in [-0.39, 0.29) is 52.4 Å². The van der Waals surface area contributed by atoms with Crippen LogP contribution in [0.3, 0.4) is 0 Å². The number of hydrogen-bond donors (Lipinski definition) is 0. The second kappa shape index (κ2) is 15.9. The van der Waals surface area contributed by atoms with Gasteiger partial charge in [-0.2, -0.15) is 13.6 Å². The third kappa shape index (κ3) is 17.2. The maximum atomic E-state index is 3.74. The Bertz CT molecular complexity index is 10.8. The summed E-state index contributed by atoms with van der Waals surface area (Å²) < 4.78 is 0. The van der Waals surface area contributed by atoms with Crippen molar-refractivity contribution in [1.29, 1.82) is 0 Å². The average Bonchev–Trinajstić information content (AvgIpc) is 1.37. The van der Waals surface area contributed by atoms with Crippen LogP contribution < -0.4 is 0 Å². The summed E-state index contributed by atoms with van der Waals surface area (Å²) in [5, 5.41) is 3.74. The van der Waals surface area contributed by atoms with Gasteiger partial charge in [-0.25, -0.2) is 0 Å². The van der Waals surface area contributed by atoms with Crippen LogP contribution >= 0.6 is 0 Å². The third-order valence-corrected chi connectivity index (χ3v) is 0.316. The van der Waals surface area contributed by atoms with Crippen molar-refractivity contribution in [3.8, 4) is 0 Å². The number of nitrogens with zero attached hydrogens (tertiary/aromatic N) is 1. The Hall–Kier alpha value is 1.73. The van der Waals surface area contributed by atoms with Gasteiger partial charge in [-0.1, -0.05) is 6.92 Å². The molecule has 0 fully saturated rings. The first-order chi connectivity index (χ1) is 1.91. The minimum absolute atomic E-state index is 0. The molecule has 0 aromatic heterocycles. The summed E-state index contributed by atoms with van der Waals surface area (Å²) in [6.07, 6.45) is 0. The first-order valence-electron chi connectivity index (χ1n) is 1.47. The summed E-state index contributed by atoms with van der Waals surface area (Å²) in [5.74, 6) is 0. The molecule has 0 saturated heterocycles. The number of hydrogen-bond acceptors (Lipinski definition) is 0. The Morgan fingerprint density at radius 1 is 1.33 bits per heavy atom. The molecule has 0 atom stereocenters. The molecule has 0 rings (SSSR count). The Morgan fingerprint density at radius 2 is 1.50 bits per heavy atom. The van der Waals surface area contributed by atoms with Crippen molar-refractivity contribution in [2.24, 2.45) is 0 Å². The Labute approximate surface area is 77.5 Å². The molecular formula is C3H8NZr2-. The maximum Gasteiger partial charge on any atom is 0 e. The molecule has 0 aliphatic carbocycles. The van der Waals surface area contributed by atoms with Crippen molar-refractivity contribution in [1.82, 2.24) is 0 Å². The van der Waals surface area contributed by atoms with Gasteiger partial charge >= 0.3 is 0 Å². The molecule has 0 aliphatic heterocycles. The summed E-state index contributed by atoms with van der Waals surface area (Å²) in [6.45, 7) is 2.96. The predicted molar refractivity (Wildman–Crippen MR) is 19.8 cm³/mol. The van der Waals surface area contributed by atoms with E-state index in [1.54, 1.807) is 7.05 Å². The summed E-state index contributed by atoms with van der Waals surface area (Å²) in [6, 6.07) is 0. The Kier molecular flexibility index (Phi) is 41.4. The summed E-state index contributed by atoms with van der Waals surface area (Å²) in [5.41, 5.74) is 0. The minimum atomic E-state index is 0. The Morgan fingerprint density at radius 3 is 1.50 bits per heavy atom. The van der Waals surface area contributed by atoms with Gasteiger partial charge < -0.3 is 5.32 Å². The van der Waals surface area contributed by atoms with Crippen LogP contribution in [0.2, 0.25) is 0 Å². The molecule has 1 nitrogen and oxygen atoms in total. The van der Waals surface area contributed by atoms with E-state index in [1.165, 1.54) is 0 Å². The normalized spacial score (nSPS) is 5.00. The summed E-state index contributed by atoms with van der Waals surface area (Å²) >= 11 is 0. The quantitative estimate of drug-likeness (QED) is 0.649. The molecule has 0 unspecified atom stereocenters. The van der Waals surface area contributed by atoms with Crippen molar-refractivity contribution in [2.45, 2.75) is 6.92 Å². The second-order valence-corrected chi connectivity index (χ2v) is 0.632. The molecule has 0 aliphatic rings. The second-order valence-electron chi connectivity index (χ2n) is 0.632. The van der Waals surface area contributed by atoms with E-state index in [0.717, 1.165) is 6.54 Å². The van der Waals surface area contributed by atoms with Gasteiger partial charge in [0.1, 0.15) is 0 Å². The largest absolute Gasteiger partial charge is 0.665 e. The van der Waals surface area contributed by atoms with Crippen molar-refractivity contribution in [3.05, 3.63) is 5.32 Å². The van der Waals surface area contributed by atoms with Gasteiger partial charge in [0.25, 0.3) is 0 Å². The molecule has 0 saturated carbocycles. The van der Waals surface area contributed by atoms with E-state index in [2.05, 4.69) is 5.32 Å². The molecule has 0 heterocycles. The first-order valence-corrected chi connectivity index (χ1v) is 1.47. The summed E-state index contributed by atoms with van der Waals surface area (Å²) in [7, 11) is 1.81. The molecule has 34 valence electrons. The Balaban J connectivity index is -0.0000000450. The fraction of sp³-hybridized carbons (Fsp3) is 1.00. The monoisotopic (exact) mass is 238 g/mol. The average molecular weight is 241 g/mol. The summed E-state index contributed by atoms with van der Waals surface area (Å²) in [4.78, 5) is 0. The predicted octanol–water partition coefficient (Wildman–Crippen LogP) is 1.00. The van der Waals surface area contributed by atoms with Gasteiger partial charge in [0, 0.05) is 52.4 Å². The molecule has 3 heteroatoms. The zero-order chi connectivity index (χ0) is 3.41. The number of rotatable bonds is 1. The zero-order valence-corrected chi connectivity index (χ0v) is 9.07. The molecule has 0 spiro atoms. The van der Waals surface area contributed by atoms with Gasteiger partial charge in [0.05, 0.1) is 0 Å². The molecule has 0 bridgehead atoms. The standard InChI is InChI=1S/C3H8N.2Zr/c1-3-4-2;;/h3H2,1-2H3;;/q-1;;. The van der Waals surface area contributed by atoms with Crippen LogP contribution in [0.4, 0.5) is 0 Å². The van der Waals surface area contributed by atoms with Crippen LogP contribution in [0.25, 0.3) is 5.32 Å². The molecule has 6 heavy (non-hydrogen) atoms. The maximum absolute atomic E-state index is 3.74. The fourth-order valence-electron chi connectivity index (χ4n) is 0. The van der Waals surface area contributed by atoms with Crippen molar-refractivity contribution in [3.63, 3.8) is 0 Å². The molecule has 0 aromatic rings. The van der Waals surface area contributed by atoms with Crippen LogP contribution in [0.5, 0.6) is 0 Å². The van der Waals surface area contributed by atoms with E-state index in [4.69, 9.17) is 0 Å².